The Bertz CT molecular complexity index is 305. The first-order valence-electron chi connectivity index (χ1n) is 7.48. The lowest BCUT2D eigenvalue weighted by Crippen LogP contribution is -2.59. The zero-order valence-corrected chi connectivity index (χ0v) is 11.9. The molecule has 19 heavy (non-hydrogen) atoms. The van der Waals surface area contributed by atoms with Gasteiger partial charge in [-0.2, -0.15) is 0 Å². The van der Waals surface area contributed by atoms with Crippen molar-refractivity contribution in [3.63, 3.8) is 0 Å². The van der Waals surface area contributed by atoms with Crippen LogP contribution in [0, 0.1) is 0 Å². The van der Waals surface area contributed by atoms with E-state index in [1.165, 1.54) is 0 Å². The number of morpholine rings is 1. The van der Waals surface area contributed by atoms with E-state index in [1.807, 2.05) is 0 Å². The molecule has 0 spiro atoms. The highest BCUT2D eigenvalue weighted by atomic mass is 16.5. The molecule has 110 valence electrons. The standard InChI is InChI=1S/C14H26N2O3/c1-2-6-15-14(13(17)18)5-3-4-12(11-14)16-7-9-19-10-8-16/h12,15H,2-11H2,1H3,(H,17,18). The molecule has 2 unspecified atom stereocenters. The fraction of sp³-hybridized carbons (Fsp3) is 0.929. The van der Waals surface area contributed by atoms with Gasteiger partial charge in [-0.1, -0.05) is 6.92 Å². The van der Waals surface area contributed by atoms with Gasteiger partial charge in [0.2, 0.25) is 0 Å². The van der Waals surface area contributed by atoms with Crippen molar-refractivity contribution in [1.82, 2.24) is 10.2 Å². The second-order valence-corrected chi connectivity index (χ2v) is 5.71. The Kier molecular flexibility index (Phi) is 5.19. The number of carboxylic acids is 1. The Morgan fingerprint density at radius 1 is 1.47 bits per heavy atom. The van der Waals surface area contributed by atoms with Crippen LogP contribution in [0.4, 0.5) is 0 Å². The molecule has 5 heteroatoms. The maximum absolute atomic E-state index is 11.7. The smallest absolute Gasteiger partial charge is 0.323 e. The van der Waals surface area contributed by atoms with Gasteiger partial charge in [-0.25, -0.2) is 0 Å². The van der Waals surface area contributed by atoms with Crippen molar-refractivity contribution in [1.29, 1.82) is 0 Å². The highest BCUT2D eigenvalue weighted by molar-refractivity contribution is 5.79. The first-order valence-corrected chi connectivity index (χ1v) is 7.48. The lowest BCUT2D eigenvalue weighted by atomic mass is 9.78. The van der Waals surface area contributed by atoms with Crippen LogP contribution in [0.2, 0.25) is 0 Å². The summed E-state index contributed by atoms with van der Waals surface area (Å²) in [5, 5.41) is 12.9. The second-order valence-electron chi connectivity index (χ2n) is 5.71. The van der Waals surface area contributed by atoms with Gasteiger partial charge in [0.1, 0.15) is 5.54 Å². The van der Waals surface area contributed by atoms with Crippen LogP contribution in [-0.2, 0) is 9.53 Å². The van der Waals surface area contributed by atoms with E-state index in [9.17, 15) is 9.90 Å². The van der Waals surface area contributed by atoms with E-state index in [2.05, 4.69) is 17.1 Å². The van der Waals surface area contributed by atoms with Gasteiger partial charge < -0.3 is 15.2 Å². The van der Waals surface area contributed by atoms with Gasteiger partial charge in [0, 0.05) is 19.1 Å². The predicted molar refractivity (Wildman–Crippen MR) is 73.3 cm³/mol. The lowest BCUT2D eigenvalue weighted by Gasteiger charge is -2.44. The molecule has 1 saturated heterocycles. The molecule has 0 aromatic rings. The molecule has 2 fully saturated rings. The monoisotopic (exact) mass is 270 g/mol. The van der Waals surface area contributed by atoms with Gasteiger partial charge in [-0.05, 0) is 38.6 Å². The van der Waals surface area contributed by atoms with Crippen LogP contribution >= 0.6 is 0 Å². The minimum absolute atomic E-state index is 0.387. The molecule has 0 aromatic heterocycles. The summed E-state index contributed by atoms with van der Waals surface area (Å²) in [7, 11) is 0. The van der Waals surface area contributed by atoms with Crippen LogP contribution in [0.1, 0.15) is 39.0 Å². The fourth-order valence-electron chi connectivity index (χ4n) is 3.29. The van der Waals surface area contributed by atoms with Crippen LogP contribution < -0.4 is 5.32 Å². The highest BCUT2D eigenvalue weighted by Gasteiger charge is 2.43. The van der Waals surface area contributed by atoms with Crippen LogP contribution in [0.25, 0.3) is 0 Å². The van der Waals surface area contributed by atoms with E-state index in [1.54, 1.807) is 0 Å². The van der Waals surface area contributed by atoms with E-state index in [0.717, 1.165) is 65.0 Å². The average Bonchev–Trinajstić information content (AvgIpc) is 2.46. The molecule has 2 rings (SSSR count). The minimum Gasteiger partial charge on any atom is -0.480 e. The number of hydrogen-bond acceptors (Lipinski definition) is 4. The van der Waals surface area contributed by atoms with Gasteiger partial charge in [0.15, 0.2) is 0 Å². The van der Waals surface area contributed by atoms with E-state index in [0.29, 0.717) is 6.04 Å². The fourth-order valence-corrected chi connectivity index (χ4v) is 3.29. The lowest BCUT2D eigenvalue weighted by molar-refractivity contribution is -0.147. The largest absolute Gasteiger partial charge is 0.480 e. The predicted octanol–water partition coefficient (Wildman–Crippen LogP) is 1.08. The summed E-state index contributed by atoms with van der Waals surface area (Å²) < 4.78 is 5.38. The summed E-state index contributed by atoms with van der Waals surface area (Å²) in [5.41, 5.74) is -0.711. The van der Waals surface area contributed by atoms with Gasteiger partial charge in [0.25, 0.3) is 0 Å². The molecule has 2 aliphatic rings. The molecule has 1 aliphatic heterocycles. The van der Waals surface area contributed by atoms with Crippen molar-refractivity contribution in [3.05, 3.63) is 0 Å². The summed E-state index contributed by atoms with van der Waals surface area (Å²) >= 11 is 0. The Labute approximate surface area is 115 Å². The summed E-state index contributed by atoms with van der Waals surface area (Å²) in [6.45, 7) is 6.28. The SMILES string of the molecule is CCCNC1(C(=O)O)CCCC(N2CCOCC2)C1. The minimum atomic E-state index is -0.711. The number of hydrogen-bond donors (Lipinski definition) is 2. The highest BCUT2D eigenvalue weighted by Crippen LogP contribution is 2.32. The molecule has 0 radical (unpaired) electrons. The number of aliphatic carboxylic acids is 1. The molecular formula is C14H26N2O3. The maximum atomic E-state index is 11.7. The van der Waals surface area contributed by atoms with Gasteiger partial charge in [-0.15, -0.1) is 0 Å². The van der Waals surface area contributed by atoms with Crippen molar-refractivity contribution in [2.24, 2.45) is 0 Å². The van der Waals surface area contributed by atoms with Crippen molar-refractivity contribution < 1.29 is 14.6 Å². The third kappa shape index (κ3) is 3.46. The molecule has 1 aliphatic carbocycles. The molecular weight excluding hydrogens is 244 g/mol. The van der Waals surface area contributed by atoms with E-state index >= 15 is 0 Å². The number of rotatable bonds is 5. The number of nitrogens with one attached hydrogen (secondary N) is 1. The van der Waals surface area contributed by atoms with Crippen LogP contribution in [-0.4, -0.2) is 60.4 Å². The Morgan fingerprint density at radius 2 is 2.21 bits per heavy atom. The van der Waals surface area contributed by atoms with E-state index < -0.39 is 11.5 Å². The molecule has 0 bridgehead atoms. The topological polar surface area (TPSA) is 61.8 Å². The molecule has 2 N–H and O–H groups in total. The number of nitrogens with zero attached hydrogens (tertiary/aromatic N) is 1. The van der Waals surface area contributed by atoms with Gasteiger partial charge >= 0.3 is 5.97 Å². The Balaban J connectivity index is 2.01. The third-order valence-electron chi connectivity index (χ3n) is 4.41. The Hall–Kier alpha value is -0.650. The zero-order valence-electron chi connectivity index (χ0n) is 11.9. The molecule has 0 amide bonds. The second kappa shape index (κ2) is 6.68. The molecule has 0 aromatic carbocycles. The van der Waals surface area contributed by atoms with Gasteiger partial charge in [-0.3, -0.25) is 9.69 Å². The molecule has 5 nitrogen and oxygen atoms in total. The molecule has 2 atom stereocenters. The first kappa shape index (κ1) is 14.8. The van der Waals surface area contributed by atoms with E-state index in [4.69, 9.17) is 4.74 Å². The van der Waals surface area contributed by atoms with Crippen molar-refractivity contribution in [2.45, 2.75) is 50.6 Å². The quantitative estimate of drug-likeness (QED) is 0.783. The van der Waals surface area contributed by atoms with Gasteiger partial charge in [0.05, 0.1) is 13.2 Å². The molecule has 1 saturated carbocycles. The Morgan fingerprint density at radius 3 is 2.84 bits per heavy atom. The number of carboxylic acid groups (broad SMARTS) is 1. The van der Waals surface area contributed by atoms with Crippen molar-refractivity contribution in [2.75, 3.05) is 32.8 Å². The normalized spacial score (nSPS) is 33.2. The van der Waals surface area contributed by atoms with Crippen LogP contribution in [0.3, 0.4) is 0 Å². The number of carbonyl (C=O) groups is 1. The summed E-state index contributed by atoms with van der Waals surface area (Å²) in [6.07, 6.45) is 4.55. The first-order chi connectivity index (χ1) is 9.18. The van der Waals surface area contributed by atoms with Crippen molar-refractivity contribution >= 4 is 5.97 Å². The third-order valence-corrected chi connectivity index (χ3v) is 4.41. The summed E-state index contributed by atoms with van der Waals surface area (Å²) in [4.78, 5) is 14.1. The van der Waals surface area contributed by atoms with E-state index in [-0.39, 0.29) is 0 Å². The van der Waals surface area contributed by atoms with Crippen molar-refractivity contribution in [3.8, 4) is 0 Å². The van der Waals surface area contributed by atoms with Crippen LogP contribution in [0.5, 0.6) is 0 Å². The summed E-state index contributed by atoms with van der Waals surface area (Å²) in [5.74, 6) is -0.682. The average molecular weight is 270 g/mol. The van der Waals surface area contributed by atoms with Crippen LogP contribution in [0.15, 0.2) is 0 Å². The maximum Gasteiger partial charge on any atom is 0.323 e. The number of ether oxygens (including phenoxy) is 1. The molecule has 1 heterocycles. The zero-order chi connectivity index (χ0) is 13.7. The summed E-state index contributed by atoms with van der Waals surface area (Å²) in [6, 6.07) is 0.387.